The molecule has 0 aliphatic heterocycles. The molecule has 4 nitrogen and oxygen atoms in total. The van der Waals surface area contributed by atoms with E-state index in [-0.39, 0.29) is 34.3 Å². The van der Waals surface area contributed by atoms with Crippen LogP contribution >= 0.6 is 15.8 Å². The molecule has 0 fully saturated rings. The largest absolute Gasteiger partial charge is 3.00 e. The van der Waals surface area contributed by atoms with Gasteiger partial charge >= 0.3 is 68.5 Å². The van der Waals surface area contributed by atoms with Crippen molar-refractivity contribution in [1.29, 1.82) is 0 Å². The maximum atomic E-state index is 12.9. The number of carboxylic acid groups (broad SMARTS) is 2. The van der Waals surface area contributed by atoms with Gasteiger partial charge in [-0.2, -0.15) is 115 Å². The number of rotatable bonds is 6. The summed E-state index contributed by atoms with van der Waals surface area (Å²) >= 11 is 0. The summed E-state index contributed by atoms with van der Waals surface area (Å²) in [4.78, 5) is 20.0. The summed E-state index contributed by atoms with van der Waals surface area (Å²) in [5, 5.41) is 18.6. The molecule has 25 heteroatoms. The molecule has 0 bridgehead atoms. The second kappa shape index (κ2) is 32.1. The van der Waals surface area contributed by atoms with Gasteiger partial charge in [0.2, 0.25) is 0 Å². The molecule has 86 heavy (non-hydrogen) atoms. The normalized spacial score (nSPS) is 11.9. The third-order valence-corrected chi connectivity index (χ3v) is 15.8. The molecule has 470 valence electrons. The summed E-state index contributed by atoms with van der Waals surface area (Å²) in [5.74, 6) is -1.51. The first kappa shape index (κ1) is 79.7. The fourth-order valence-corrected chi connectivity index (χ4v) is 10.6. The van der Waals surface area contributed by atoms with E-state index >= 15 is 0 Å². The fraction of sp³-hybridized carbons (Fsp3) is 0.246. The number of aryl methyl sites for hydroxylation is 1. The zero-order valence-electron chi connectivity index (χ0n) is 46.9. The zero-order valence-corrected chi connectivity index (χ0v) is 50.3. The van der Waals surface area contributed by atoms with Gasteiger partial charge in [-0.1, -0.05) is 79.7 Å². The van der Waals surface area contributed by atoms with Gasteiger partial charge in [0.25, 0.3) is 0 Å². The number of alkyl halides is 18. The molecule has 0 radical (unpaired) electrons. The predicted octanol–water partition coefficient (Wildman–Crippen LogP) is 17.9. The van der Waals surface area contributed by atoms with Gasteiger partial charge in [0.15, 0.2) is 0 Å². The van der Waals surface area contributed by atoms with Crippen LogP contribution in [-0.4, -0.2) is 22.2 Å². The number of hydrogen-bond acceptors (Lipinski definition) is 2. The molecule has 0 unspecified atom stereocenters. The van der Waals surface area contributed by atoms with Crippen LogP contribution in [-0.2, 0) is 66.1 Å². The van der Waals surface area contributed by atoms with Crippen molar-refractivity contribution in [2.24, 2.45) is 10.8 Å². The molecule has 7 aromatic carbocycles. The van der Waals surface area contributed by atoms with Gasteiger partial charge in [0.1, 0.15) is 0 Å². The molecule has 0 aliphatic rings. The summed E-state index contributed by atoms with van der Waals surface area (Å²) in [6.07, 6.45) is -27.5. The average Bonchev–Trinajstić information content (AvgIpc) is 2.67. The minimum atomic E-state index is -4.58. The molecule has 0 atom stereocenters. The number of benzene rings is 7. The number of halogens is 18. The topological polar surface area (TPSA) is 74.6 Å². The first-order chi connectivity index (χ1) is 37.8. The third-order valence-electron chi connectivity index (χ3n) is 10.9. The molecular weight excluding hydrogens is 1300 g/mol. The van der Waals surface area contributed by atoms with Crippen molar-refractivity contribution in [2.45, 2.75) is 85.5 Å². The Morgan fingerprint density at radius 1 is 0.314 bits per heavy atom. The summed E-state index contributed by atoms with van der Waals surface area (Å²) in [5.41, 5.74) is -5.34. The summed E-state index contributed by atoms with van der Waals surface area (Å²) in [6, 6.07) is 35.0. The number of aliphatic carboxylic acids is 2. The van der Waals surface area contributed by atoms with Crippen LogP contribution in [0.4, 0.5) is 79.0 Å². The molecule has 0 saturated carbocycles. The van der Waals surface area contributed by atoms with Crippen molar-refractivity contribution in [3.8, 4) is 0 Å². The zero-order chi connectivity index (χ0) is 63.3. The quantitative estimate of drug-likeness (QED) is 0.0753. The van der Waals surface area contributed by atoms with Crippen molar-refractivity contribution < 1.29 is 118 Å². The number of carboxylic acids is 2. The van der Waals surface area contributed by atoms with E-state index in [2.05, 4.69) is 13.0 Å². The van der Waals surface area contributed by atoms with E-state index < -0.39 is 109 Å². The maximum absolute atomic E-state index is 12.9. The van der Waals surface area contributed by atoms with Crippen molar-refractivity contribution in [3.63, 3.8) is 0 Å². The van der Waals surface area contributed by atoms with E-state index in [1.807, 2.05) is 24.3 Å². The van der Waals surface area contributed by atoms with Crippen molar-refractivity contribution >= 4 is 59.6 Å². The van der Waals surface area contributed by atoms with E-state index in [0.717, 1.165) is 72.8 Å². The van der Waals surface area contributed by atoms with Crippen molar-refractivity contribution in [1.82, 2.24) is 0 Å². The smallest absolute Gasteiger partial charge is 0.481 e. The Kier molecular flexibility index (Phi) is 29.7. The van der Waals surface area contributed by atoms with E-state index in [1.165, 1.54) is 78.4 Å². The van der Waals surface area contributed by atoms with Gasteiger partial charge in [-0.05, 0) is 162 Å². The first-order valence-corrected chi connectivity index (χ1v) is 26.5. The Hall–Kier alpha value is -6.30. The van der Waals surface area contributed by atoms with Gasteiger partial charge in [-0.25, -0.2) is 0 Å². The Morgan fingerprint density at radius 2 is 0.442 bits per heavy atom. The molecular formula is C61H57F18O4P2Rh. The summed E-state index contributed by atoms with van der Waals surface area (Å²) < 4.78 is 232. The van der Waals surface area contributed by atoms with E-state index in [1.54, 1.807) is 41.5 Å². The minimum Gasteiger partial charge on any atom is -0.481 e. The van der Waals surface area contributed by atoms with Crippen molar-refractivity contribution in [3.05, 3.63) is 230 Å². The molecule has 7 rings (SSSR count). The van der Waals surface area contributed by atoms with Gasteiger partial charge < -0.3 is 25.1 Å². The van der Waals surface area contributed by atoms with Gasteiger partial charge in [-0.3, -0.25) is 9.59 Å². The van der Waals surface area contributed by atoms with Crippen molar-refractivity contribution in [2.75, 3.05) is 0 Å². The van der Waals surface area contributed by atoms with Crippen LogP contribution in [0.15, 0.2) is 170 Å². The summed E-state index contributed by atoms with van der Waals surface area (Å²) in [6.45, 7) is 12.0. The number of carbonyl (C=O) groups is 2. The maximum Gasteiger partial charge on any atom is 3.00 e. The minimum absolute atomic E-state index is 0. The molecule has 0 amide bonds. The second-order valence-corrected chi connectivity index (χ2v) is 24.1. The standard InChI is InChI=1S/2C21H12F9P.C7H7.2C5H10O2.2CH3.Rh/c2*22-19(23,24)13-1-7-16(8-2-13)31(17-9-3-14(4-10-17)20(25,26)27)18-11-5-15(6-12-18)21(28,29)30;1-7-5-3-2-4-6-7;2*1-5(2,3)4(6)7;;;/h2*1-12H;3-6H,1H3;2*1-3H3,(H,6,7);2*1H3;/q;;-1;;;2*-1;+3. The molecule has 0 aromatic heterocycles. The van der Waals surface area contributed by atoms with Crippen LogP contribution in [0.1, 0.15) is 80.5 Å². The molecule has 0 saturated heterocycles. The van der Waals surface area contributed by atoms with Crippen LogP contribution in [0.3, 0.4) is 0 Å². The Labute approximate surface area is 502 Å². The first-order valence-electron chi connectivity index (χ1n) is 23.8. The third kappa shape index (κ3) is 25.6. The Bertz CT molecular complexity index is 2660. The predicted molar refractivity (Wildman–Crippen MR) is 297 cm³/mol. The Morgan fingerprint density at radius 3 is 0.523 bits per heavy atom. The van der Waals surface area contributed by atoms with E-state index in [0.29, 0.717) is 31.8 Å². The molecule has 7 aromatic rings. The van der Waals surface area contributed by atoms with E-state index in [9.17, 15) is 88.6 Å². The molecule has 0 aliphatic carbocycles. The Balaban J connectivity index is 0.00000122. The van der Waals surface area contributed by atoms with Crippen LogP contribution in [0.2, 0.25) is 0 Å². The second-order valence-electron chi connectivity index (χ2n) is 19.6. The van der Waals surface area contributed by atoms with Crippen LogP contribution in [0.5, 0.6) is 0 Å². The SMILES string of the molecule is CC(C)(C)C(=O)O.CC(C)(C)C(=O)O.Cc1cc[c-]cc1.FC(F)(F)c1ccc(P(c2ccc(C(F)(F)F)cc2)c2ccc(C(F)(F)F)cc2)cc1.FC(F)(F)c1ccc(P(c2ccc(C(F)(F)F)cc2)c2ccc(C(F)(F)F)cc2)cc1.[CH3-].[CH3-].[Rh+3]. The molecule has 0 spiro atoms. The summed E-state index contributed by atoms with van der Waals surface area (Å²) in [7, 11) is -3.39. The van der Waals surface area contributed by atoms with Crippen LogP contribution in [0.25, 0.3) is 0 Å². The van der Waals surface area contributed by atoms with Gasteiger partial charge in [0, 0.05) is 0 Å². The molecule has 0 heterocycles. The number of hydrogen-bond donors (Lipinski definition) is 2. The van der Waals surface area contributed by atoms with Gasteiger partial charge in [-0.15, -0.1) is 0 Å². The molecule has 2 N–H and O–H groups in total. The monoisotopic (exact) mass is 1360 g/mol. The van der Waals surface area contributed by atoms with Gasteiger partial charge in [0.05, 0.1) is 44.2 Å². The average molecular weight is 1360 g/mol. The fourth-order valence-electron chi connectivity index (χ4n) is 6.16. The van der Waals surface area contributed by atoms with Crippen LogP contribution < -0.4 is 31.8 Å². The van der Waals surface area contributed by atoms with E-state index in [4.69, 9.17) is 10.2 Å². The van der Waals surface area contributed by atoms with Crippen LogP contribution in [0, 0.1) is 38.7 Å².